The first-order chi connectivity index (χ1) is 18.8. The molecule has 1 N–H and O–H groups in total. The molecule has 3 rings (SSSR count). The minimum absolute atomic E-state index is 0.155. The number of sulfonamides is 1. The molecule has 0 saturated carbocycles. The molecule has 7 nitrogen and oxygen atoms in total. The van der Waals surface area contributed by atoms with Crippen LogP contribution < -0.4 is 9.62 Å². The lowest BCUT2D eigenvalue weighted by Crippen LogP contribution is -2.56. The second-order valence-corrected chi connectivity index (χ2v) is 13.1. The van der Waals surface area contributed by atoms with Crippen molar-refractivity contribution >= 4 is 27.5 Å². The highest BCUT2D eigenvalue weighted by atomic mass is 32.2. The van der Waals surface area contributed by atoms with Crippen molar-refractivity contribution in [3.05, 3.63) is 101 Å². The summed E-state index contributed by atoms with van der Waals surface area (Å²) >= 11 is 0. The second-order valence-electron chi connectivity index (χ2n) is 11.2. The Bertz CT molecular complexity index is 1420. The highest BCUT2D eigenvalue weighted by Crippen LogP contribution is 2.25. The molecule has 3 aromatic rings. The van der Waals surface area contributed by atoms with Crippen LogP contribution in [-0.2, 0) is 39.0 Å². The molecule has 0 saturated heterocycles. The maximum atomic E-state index is 14.2. The lowest BCUT2D eigenvalue weighted by atomic mass is 10.0. The Morgan fingerprint density at radius 3 is 2.12 bits per heavy atom. The number of nitrogens with zero attached hydrogens (tertiary/aromatic N) is 2. The largest absolute Gasteiger partial charge is 0.350 e. The summed E-state index contributed by atoms with van der Waals surface area (Å²) in [6, 6.07) is 23.6. The lowest BCUT2D eigenvalue weighted by molar-refractivity contribution is -0.140. The van der Waals surface area contributed by atoms with Crippen molar-refractivity contribution in [2.45, 2.75) is 65.6 Å². The Hall–Kier alpha value is -3.65. The van der Waals surface area contributed by atoms with Crippen LogP contribution in [0.1, 0.15) is 49.9 Å². The van der Waals surface area contributed by atoms with Crippen molar-refractivity contribution in [3.8, 4) is 0 Å². The van der Waals surface area contributed by atoms with Crippen LogP contribution in [0.2, 0.25) is 0 Å². The number of carbonyl (C=O) groups excluding carboxylic acids is 2. The van der Waals surface area contributed by atoms with Gasteiger partial charge in [0.2, 0.25) is 21.8 Å². The van der Waals surface area contributed by atoms with Crippen molar-refractivity contribution in [2.75, 3.05) is 17.1 Å². The monoisotopic (exact) mass is 563 g/mol. The van der Waals surface area contributed by atoms with Crippen LogP contribution in [0.3, 0.4) is 0 Å². The molecule has 214 valence electrons. The number of aryl methyl sites for hydroxylation is 2. The summed E-state index contributed by atoms with van der Waals surface area (Å²) in [5.74, 6) is -0.750. The molecule has 40 heavy (non-hydrogen) atoms. The Morgan fingerprint density at radius 2 is 1.52 bits per heavy atom. The number of carbonyl (C=O) groups is 2. The molecule has 0 aromatic heterocycles. The molecule has 0 bridgehead atoms. The fourth-order valence-electron chi connectivity index (χ4n) is 4.66. The van der Waals surface area contributed by atoms with Gasteiger partial charge in [0, 0.05) is 18.5 Å². The van der Waals surface area contributed by atoms with Gasteiger partial charge >= 0.3 is 0 Å². The van der Waals surface area contributed by atoms with E-state index in [-0.39, 0.29) is 18.9 Å². The number of amides is 2. The zero-order valence-corrected chi connectivity index (χ0v) is 25.2. The number of para-hydroxylation sites is 1. The van der Waals surface area contributed by atoms with E-state index in [4.69, 9.17) is 0 Å². The SMILES string of the molecule is CCc1ccccc1N(CC(=O)N(Cc1cccc(C)c1)C(Cc1ccccc1)C(=O)NC(C)(C)C)S(C)(=O)=O. The average Bonchev–Trinajstić information content (AvgIpc) is 2.88. The third kappa shape index (κ3) is 8.68. The normalized spacial score (nSPS) is 12.4. The number of rotatable bonds is 11. The molecular formula is C32H41N3O4S. The summed E-state index contributed by atoms with van der Waals surface area (Å²) in [5.41, 5.74) is 3.54. The maximum absolute atomic E-state index is 14.2. The molecule has 1 atom stereocenters. The van der Waals surface area contributed by atoms with Crippen LogP contribution in [-0.4, -0.2) is 49.5 Å². The van der Waals surface area contributed by atoms with E-state index in [0.717, 1.165) is 32.8 Å². The Balaban J connectivity index is 2.10. The van der Waals surface area contributed by atoms with Gasteiger partial charge in [-0.15, -0.1) is 0 Å². The van der Waals surface area contributed by atoms with E-state index in [9.17, 15) is 18.0 Å². The number of nitrogens with one attached hydrogen (secondary N) is 1. The third-order valence-electron chi connectivity index (χ3n) is 6.53. The minimum atomic E-state index is -3.81. The number of hydrogen-bond acceptors (Lipinski definition) is 4. The topological polar surface area (TPSA) is 86.8 Å². The van der Waals surface area contributed by atoms with Crippen molar-refractivity contribution in [3.63, 3.8) is 0 Å². The first-order valence-corrected chi connectivity index (χ1v) is 15.4. The predicted octanol–water partition coefficient (Wildman–Crippen LogP) is 4.88. The number of anilines is 1. The van der Waals surface area contributed by atoms with E-state index in [1.807, 2.05) is 101 Å². The molecule has 8 heteroatoms. The smallest absolute Gasteiger partial charge is 0.244 e. The highest BCUT2D eigenvalue weighted by molar-refractivity contribution is 7.92. The van der Waals surface area contributed by atoms with Gasteiger partial charge in [0.25, 0.3) is 0 Å². The van der Waals surface area contributed by atoms with E-state index >= 15 is 0 Å². The van der Waals surface area contributed by atoms with Gasteiger partial charge in [-0.25, -0.2) is 8.42 Å². The molecule has 0 fully saturated rings. The highest BCUT2D eigenvalue weighted by Gasteiger charge is 2.34. The van der Waals surface area contributed by atoms with Crippen molar-refractivity contribution in [1.82, 2.24) is 10.2 Å². The summed E-state index contributed by atoms with van der Waals surface area (Å²) < 4.78 is 27.2. The van der Waals surface area contributed by atoms with Crippen LogP contribution >= 0.6 is 0 Å². The summed E-state index contributed by atoms with van der Waals surface area (Å²) in [5, 5.41) is 3.04. The third-order valence-corrected chi connectivity index (χ3v) is 7.65. The van der Waals surface area contributed by atoms with Crippen LogP contribution in [0.15, 0.2) is 78.9 Å². The quantitative estimate of drug-likeness (QED) is 0.360. The zero-order chi connectivity index (χ0) is 29.5. The van der Waals surface area contributed by atoms with Crippen molar-refractivity contribution in [2.24, 2.45) is 0 Å². The molecule has 0 aliphatic rings. The van der Waals surface area contributed by atoms with Crippen LogP contribution in [0.5, 0.6) is 0 Å². The van der Waals surface area contributed by atoms with Gasteiger partial charge in [-0.3, -0.25) is 13.9 Å². The van der Waals surface area contributed by atoms with Gasteiger partial charge in [-0.05, 0) is 56.9 Å². The zero-order valence-electron chi connectivity index (χ0n) is 24.3. The minimum Gasteiger partial charge on any atom is -0.350 e. The van der Waals surface area contributed by atoms with Gasteiger partial charge in [0.05, 0.1) is 11.9 Å². The summed E-state index contributed by atoms with van der Waals surface area (Å²) in [4.78, 5) is 29.5. The van der Waals surface area contributed by atoms with Gasteiger partial charge in [0.1, 0.15) is 12.6 Å². The second kappa shape index (κ2) is 13.1. The van der Waals surface area contributed by atoms with Gasteiger partial charge in [-0.2, -0.15) is 0 Å². The van der Waals surface area contributed by atoms with Gasteiger partial charge in [-0.1, -0.05) is 85.3 Å². The van der Waals surface area contributed by atoms with E-state index in [1.54, 1.807) is 12.1 Å². The molecule has 0 spiro atoms. The predicted molar refractivity (Wildman–Crippen MR) is 162 cm³/mol. The van der Waals surface area contributed by atoms with Crippen molar-refractivity contribution in [1.29, 1.82) is 0 Å². The lowest BCUT2D eigenvalue weighted by Gasteiger charge is -2.35. The van der Waals surface area contributed by atoms with Crippen molar-refractivity contribution < 1.29 is 18.0 Å². The van der Waals surface area contributed by atoms with E-state index in [1.165, 1.54) is 4.90 Å². The Labute approximate surface area is 239 Å². The van der Waals surface area contributed by atoms with Gasteiger partial charge < -0.3 is 10.2 Å². The summed E-state index contributed by atoms with van der Waals surface area (Å²) in [6.45, 7) is 9.32. The molecular weight excluding hydrogens is 522 g/mol. The fourth-order valence-corrected chi connectivity index (χ4v) is 5.54. The maximum Gasteiger partial charge on any atom is 0.244 e. The first kappa shape index (κ1) is 30.9. The van der Waals surface area contributed by atoms with Crippen LogP contribution in [0.25, 0.3) is 0 Å². The molecule has 0 aliphatic carbocycles. The van der Waals surface area contributed by atoms with E-state index in [0.29, 0.717) is 12.1 Å². The van der Waals surface area contributed by atoms with Crippen LogP contribution in [0, 0.1) is 6.92 Å². The van der Waals surface area contributed by atoms with E-state index in [2.05, 4.69) is 5.32 Å². The van der Waals surface area contributed by atoms with Gasteiger partial charge in [0.15, 0.2) is 0 Å². The Morgan fingerprint density at radius 1 is 0.900 bits per heavy atom. The van der Waals surface area contributed by atoms with E-state index < -0.39 is 34.1 Å². The Kier molecular flexibility index (Phi) is 10.1. The number of hydrogen-bond donors (Lipinski definition) is 1. The standard InChI is InChI=1S/C32H41N3O4S/c1-7-27-18-11-12-19-28(27)35(40(6,38)39)23-30(36)34(22-26-17-13-14-24(2)20-26)29(31(37)33-32(3,4)5)21-25-15-9-8-10-16-25/h8-20,29H,7,21-23H2,1-6H3,(H,33,37). The first-order valence-electron chi connectivity index (χ1n) is 13.5. The fraction of sp³-hybridized carbons (Fsp3) is 0.375. The van der Waals surface area contributed by atoms with Crippen LogP contribution in [0.4, 0.5) is 5.69 Å². The number of benzene rings is 3. The molecule has 3 aromatic carbocycles. The average molecular weight is 564 g/mol. The molecule has 0 heterocycles. The summed E-state index contributed by atoms with van der Waals surface area (Å²) in [7, 11) is -3.81. The summed E-state index contributed by atoms with van der Waals surface area (Å²) in [6.07, 6.45) is 1.99. The molecule has 0 radical (unpaired) electrons. The molecule has 2 amide bonds. The molecule has 0 aliphatic heterocycles. The molecule has 1 unspecified atom stereocenters.